The minimum absolute atomic E-state index is 0.172. The van der Waals surface area contributed by atoms with Crippen LogP contribution in [0.25, 0.3) is 11.0 Å². The Bertz CT molecular complexity index is 1020. The van der Waals surface area contributed by atoms with Crippen molar-refractivity contribution in [2.75, 3.05) is 13.1 Å². The van der Waals surface area contributed by atoms with Gasteiger partial charge in [-0.15, -0.1) is 0 Å². The molecule has 1 saturated heterocycles. The zero-order valence-corrected chi connectivity index (χ0v) is 17.7. The monoisotopic (exact) mass is 411 g/mol. The lowest BCUT2D eigenvalue weighted by molar-refractivity contribution is -0.133. The number of benzene rings is 2. The van der Waals surface area contributed by atoms with Crippen LogP contribution in [0.3, 0.4) is 0 Å². The first kappa shape index (κ1) is 19.8. The molecule has 0 spiro atoms. The number of hydrogen-bond donors (Lipinski definition) is 0. The minimum atomic E-state index is 0.172. The number of carbonyl (C=O) groups is 1. The first-order chi connectivity index (χ1) is 14.0. The van der Waals surface area contributed by atoms with Gasteiger partial charge in [0.1, 0.15) is 17.7 Å². The van der Waals surface area contributed by atoms with E-state index in [1.807, 2.05) is 46.8 Å². The van der Waals surface area contributed by atoms with E-state index in [2.05, 4.69) is 24.0 Å². The fraction of sp³-hybridized carbons (Fsp3) is 0.391. The molecule has 1 fully saturated rings. The summed E-state index contributed by atoms with van der Waals surface area (Å²) in [4.78, 5) is 19.3. The summed E-state index contributed by atoms with van der Waals surface area (Å²) in [6, 6.07) is 13.8. The zero-order chi connectivity index (χ0) is 20.4. The molecule has 0 unspecified atom stereocenters. The van der Waals surface area contributed by atoms with E-state index in [4.69, 9.17) is 16.3 Å². The third-order valence-corrected chi connectivity index (χ3v) is 5.82. The van der Waals surface area contributed by atoms with Crippen LogP contribution in [0.15, 0.2) is 42.5 Å². The van der Waals surface area contributed by atoms with E-state index in [9.17, 15) is 4.79 Å². The van der Waals surface area contributed by atoms with Gasteiger partial charge in [0.05, 0.1) is 11.0 Å². The Morgan fingerprint density at radius 2 is 2.00 bits per heavy atom. The van der Waals surface area contributed by atoms with Gasteiger partial charge in [-0.2, -0.15) is 0 Å². The average Bonchev–Trinajstić information content (AvgIpc) is 3.01. The molecule has 0 bridgehead atoms. The Labute approximate surface area is 176 Å². The Morgan fingerprint density at radius 1 is 1.21 bits per heavy atom. The van der Waals surface area contributed by atoms with E-state index in [1.54, 1.807) is 0 Å². The summed E-state index contributed by atoms with van der Waals surface area (Å²) in [6.45, 7) is 3.55. The number of rotatable bonds is 5. The largest absolute Gasteiger partial charge is 0.490 e. The highest BCUT2D eigenvalue weighted by atomic mass is 35.5. The minimum Gasteiger partial charge on any atom is -0.490 e. The van der Waals surface area contributed by atoms with Gasteiger partial charge in [0.15, 0.2) is 0 Å². The molecule has 2 aromatic carbocycles. The number of amides is 1. The molecule has 152 valence electrons. The number of halogens is 1. The van der Waals surface area contributed by atoms with Crippen LogP contribution >= 0.6 is 11.6 Å². The highest BCUT2D eigenvalue weighted by Crippen LogP contribution is 2.22. The van der Waals surface area contributed by atoms with Crippen LogP contribution in [-0.2, 0) is 18.3 Å². The molecule has 6 heteroatoms. The van der Waals surface area contributed by atoms with E-state index < -0.39 is 0 Å². The first-order valence-electron chi connectivity index (χ1n) is 10.1. The summed E-state index contributed by atoms with van der Waals surface area (Å²) in [6.07, 6.45) is 3.00. The third-order valence-electron chi connectivity index (χ3n) is 5.58. The van der Waals surface area contributed by atoms with Crippen molar-refractivity contribution in [3.63, 3.8) is 0 Å². The number of carbonyl (C=O) groups excluding carboxylic acids is 1. The molecule has 29 heavy (non-hydrogen) atoms. The van der Waals surface area contributed by atoms with Crippen LogP contribution in [0.4, 0.5) is 0 Å². The van der Waals surface area contributed by atoms with Crippen LogP contribution in [0.5, 0.6) is 5.75 Å². The maximum atomic E-state index is 12.7. The van der Waals surface area contributed by atoms with Crippen LogP contribution in [0.2, 0.25) is 5.02 Å². The van der Waals surface area contributed by atoms with Crippen LogP contribution in [0, 0.1) is 6.92 Å². The number of nitrogens with zero attached hydrogens (tertiary/aromatic N) is 3. The molecule has 0 N–H and O–H groups in total. The SMILES string of the molecule is Cc1cccc(OC2CCN(C(=O)CCc3nc4cc(Cl)ccc4n3C)CC2)c1. The number of fused-ring (bicyclic) bond motifs is 1. The van der Waals surface area contributed by atoms with E-state index in [1.165, 1.54) is 5.56 Å². The van der Waals surface area contributed by atoms with Gasteiger partial charge in [-0.25, -0.2) is 4.98 Å². The van der Waals surface area contributed by atoms with Gasteiger partial charge in [0.25, 0.3) is 0 Å². The average molecular weight is 412 g/mol. The summed E-state index contributed by atoms with van der Waals surface area (Å²) in [5.74, 6) is 2.01. The normalized spacial score (nSPS) is 15.1. The molecule has 0 aliphatic carbocycles. The molecule has 1 aromatic heterocycles. The number of aryl methyl sites for hydroxylation is 3. The maximum Gasteiger partial charge on any atom is 0.223 e. The van der Waals surface area contributed by atoms with Crippen molar-refractivity contribution in [1.82, 2.24) is 14.5 Å². The molecule has 1 aliphatic rings. The van der Waals surface area contributed by atoms with Gasteiger partial charge in [-0.1, -0.05) is 23.7 Å². The van der Waals surface area contributed by atoms with Gasteiger partial charge in [-0.05, 0) is 42.8 Å². The zero-order valence-electron chi connectivity index (χ0n) is 16.9. The van der Waals surface area contributed by atoms with Crippen molar-refractivity contribution in [1.29, 1.82) is 0 Å². The Hall–Kier alpha value is -2.53. The predicted molar refractivity (Wildman–Crippen MR) is 115 cm³/mol. The van der Waals surface area contributed by atoms with Crippen LogP contribution < -0.4 is 4.74 Å². The van der Waals surface area contributed by atoms with Crippen molar-refractivity contribution < 1.29 is 9.53 Å². The fourth-order valence-corrected chi connectivity index (χ4v) is 4.09. The van der Waals surface area contributed by atoms with Crippen LogP contribution in [-0.4, -0.2) is 39.6 Å². The lowest BCUT2D eigenvalue weighted by Crippen LogP contribution is -2.41. The summed E-state index contributed by atoms with van der Waals surface area (Å²) in [5, 5.41) is 0.675. The molecule has 1 amide bonds. The van der Waals surface area contributed by atoms with Crippen molar-refractivity contribution in [3.05, 3.63) is 58.9 Å². The molecule has 0 saturated carbocycles. The van der Waals surface area contributed by atoms with Crippen molar-refractivity contribution >= 4 is 28.5 Å². The first-order valence-corrected chi connectivity index (χ1v) is 10.5. The highest BCUT2D eigenvalue weighted by molar-refractivity contribution is 6.31. The number of aromatic nitrogens is 2. The molecule has 1 aliphatic heterocycles. The molecule has 3 aromatic rings. The quantitative estimate of drug-likeness (QED) is 0.619. The van der Waals surface area contributed by atoms with Gasteiger partial charge in [-0.3, -0.25) is 4.79 Å². The molecule has 4 rings (SSSR count). The lowest BCUT2D eigenvalue weighted by Gasteiger charge is -2.32. The van der Waals surface area contributed by atoms with Gasteiger partial charge in [0.2, 0.25) is 5.91 Å². The maximum absolute atomic E-state index is 12.7. The molecular weight excluding hydrogens is 386 g/mol. The van der Waals surface area contributed by atoms with Gasteiger partial charge >= 0.3 is 0 Å². The molecular formula is C23H26ClN3O2. The molecule has 0 radical (unpaired) electrons. The number of piperidine rings is 1. The topological polar surface area (TPSA) is 47.4 Å². The third kappa shape index (κ3) is 4.56. The Kier molecular flexibility index (Phi) is 5.76. The predicted octanol–water partition coefficient (Wildman–Crippen LogP) is 4.54. The van der Waals surface area contributed by atoms with Crippen LogP contribution in [0.1, 0.15) is 30.7 Å². The lowest BCUT2D eigenvalue weighted by atomic mass is 10.1. The summed E-state index contributed by atoms with van der Waals surface area (Å²) < 4.78 is 8.13. The van der Waals surface area contributed by atoms with E-state index in [0.29, 0.717) is 17.9 Å². The van der Waals surface area contributed by atoms with Crippen molar-refractivity contribution in [2.45, 2.75) is 38.7 Å². The van der Waals surface area contributed by atoms with Crippen molar-refractivity contribution in [2.24, 2.45) is 7.05 Å². The number of ether oxygens (including phenoxy) is 1. The number of hydrogen-bond acceptors (Lipinski definition) is 3. The number of likely N-dealkylation sites (tertiary alicyclic amines) is 1. The number of imidazole rings is 1. The molecule has 5 nitrogen and oxygen atoms in total. The van der Waals surface area contributed by atoms with E-state index >= 15 is 0 Å². The second-order valence-electron chi connectivity index (χ2n) is 7.73. The molecule has 2 heterocycles. The van der Waals surface area contributed by atoms with E-state index in [0.717, 1.165) is 48.5 Å². The second kappa shape index (κ2) is 8.46. The van der Waals surface area contributed by atoms with Gasteiger partial charge < -0.3 is 14.2 Å². The highest BCUT2D eigenvalue weighted by Gasteiger charge is 2.24. The van der Waals surface area contributed by atoms with Crippen molar-refractivity contribution in [3.8, 4) is 5.75 Å². The molecule has 0 atom stereocenters. The Morgan fingerprint density at radius 3 is 2.76 bits per heavy atom. The standard InChI is InChI=1S/C23H26ClN3O2/c1-16-4-3-5-19(14-16)29-18-10-12-27(13-11-18)23(28)9-8-22-25-20-15-17(24)6-7-21(20)26(22)2/h3-7,14-15,18H,8-13H2,1-2H3. The fourth-order valence-electron chi connectivity index (χ4n) is 3.93. The van der Waals surface area contributed by atoms with E-state index in [-0.39, 0.29) is 12.0 Å². The second-order valence-corrected chi connectivity index (χ2v) is 8.17. The smallest absolute Gasteiger partial charge is 0.223 e. The summed E-state index contributed by atoms with van der Waals surface area (Å²) >= 11 is 6.06. The van der Waals surface area contributed by atoms with Gasteiger partial charge in [0, 0.05) is 50.8 Å². The summed E-state index contributed by atoms with van der Waals surface area (Å²) in [5.41, 5.74) is 3.10. The Balaban J connectivity index is 1.29. The summed E-state index contributed by atoms with van der Waals surface area (Å²) in [7, 11) is 1.98.